The first-order chi connectivity index (χ1) is 7.27. The summed E-state index contributed by atoms with van der Waals surface area (Å²) in [4.78, 5) is 17.1. The maximum atomic E-state index is 11.0. The van der Waals surface area contributed by atoms with Crippen molar-refractivity contribution in [3.8, 4) is 0 Å². The van der Waals surface area contributed by atoms with E-state index in [4.69, 9.17) is 5.11 Å². The summed E-state index contributed by atoms with van der Waals surface area (Å²) >= 11 is 0. The zero-order chi connectivity index (χ0) is 11.1. The molecule has 84 valence electrons. The zero-order valence-electron chi connectivity index (χ0n) is 8.92. The van der Waals surface area contributed by atoms with E-state index in [1.807, 2.05) is 0 Å². The third-order valence-corrected chi connectivity index (χ3v) is 2.14. The van der Waals surface area contributed by atoms with Crippen LogP contribution >= 0.6 is 0 Å². The van der Waals surface area contributed by atoms with Gasteiger partial charge in [0.25, 0.3) is 0 Å². The Balaban J connectivity index is 2.58. The van der Waals surface area contributed by atoms with E-state index >= 15 is 0 Å². The Morgan fingerprint density at radius 1 is 1.53 bits per heavy atom. The largest absolute Gasteiger partial charge is 0.391 e. The van der Waals surface area contributed by atoms with Crippen LogP contribution in [-0.4, -0.2) is 21.6 Å². The number of anilines is 1. The van der Waals surface area contributed by atoms with Gasteiger partial charge in [-0.25, -0.2) is 9.78 Å². The molecule has 1 rings (SSSR count). The Morgan fingerprint density at radius 2 is 2.33 bits per heavy atom. The number of H-pyrrole nitrogens is 1. The van der Waals surface area contributed by atoms with Crippen LogP contribution in [0, 0.1) is 0 Å². The fourth-order valence-electron chi connectivity index (χ4n) is 1.29. The van der Waals surface area contributed by atoms with Crippen molar-refractivity contribution < 1.29 is 5.11 Å². The standard InChI is InChI=1S/C10H17N3O2/c1-2-3-4-5-11-9-8(7-14)6-12-10(15)13-9/h6,14H,2-5,7H2,1H3,(H2,11,12,13,15). The molecule has 15 heavy (non-hydrogen) atoms. The van der Waals surface area contributed by atoms with Crippen LogP contribution in [0.2, 0.25) is 0 Å². The van der Waals surface area contributed by atoms with Crippen molar-refractivity contribution >= 4 is 5.82 Å². The van der Waals surface area contributed by atoms with Crippen LogP contribution in [0.5, 0.6) is 0 Å². The van der Waals surface area contributed by atoms with Gasteiger partial charge in [0.15, 0.2) is 0 Å². The molecule has 5 nitrogen and oxygen atoms in total. The molecular formula is C10H17N3O2. The Kier molecular flexibility index (Phi) is 4.83. The number of hydrogen-bond donors (Lipinski definition) is 3. The van der Waals surface area contributed by atoms with Crippen molar-refractivity contribution in [1.29, 1.82) is 0 Å². The Labute approximate surface area is 88.6 Å². The molecule has 0 saturated heterocycles. The van der Waals surface area contributed by atoms with Crippen molar-refractivity contribution in [2.45, 2.75) is 32.8 Å². The molecule has 0 atom stereocenters. The summed E-state index contributed by atoms with van der Waals surface area (Å²) in [6, 6.07) is 0. The summed E-state index contributed by atoms with van der Waals surface area (Å²) in [7, 11) is 0. The summed E-state index contributed by atoms with van der Waals surface area (Å²) in [6.45, 7) is 2.80. The van der Waals surface area contributed by atoms with E-state index in [0.29, 0.717) is 11.4 Å². The van der Waals surface area contributed by atoms with Gasteiger partial charge in [-0.2, -0.15) is 0 Å². The van der Waals surface area contributed by atoms with Crippen molar-refractivity contribution in [3.05, 3.63) is 22.2 Å². The molecule has 1 heterocycles. The van der Waals surface area contributed by atoms with Gasteiger partial charge in [0.1, 0.15) is 5.82 Å². The lowest BCUT2D eigenvalue weighted by Gasteiger charge is -2.08. The lowest BCUT2D eigenvalue weighted by Crippen LogP contribution is -2.16. The number of hydrogen-bond acceptors (Lipinski definition) is 4. The van der Waals surface area contributed by atoms with Gasteiger partial charge in [-0.15, -0.1) is 0 Å². The van der Waals surface area contributed by atoms with E-state index in [-0.39, 0.29) is 6.61 Å². The minimum absolute atomic E-state index is 0.125. The van der Waals surface area contributed by atoms with Crippen LogP contribution in [0.1, 0.15) is 31.7 Å². The number of nitrogens with one attached hydrogen (secondary N) is 2. The predicted molar refractivity (Wildman–Crippen MR) is 58.8 cm³/mol. The summed E-state index contributed by atoms with van der Waals surface area (Å²) in [5, 5.41) is 12.1. The van der Waals surface area contributed by atoms with Crippen LogP contribution in [0.15, 0.2) is 11.0 Å². The van der Waals surface area contributed by atoms with Crippen LogP contribution in [0.3, 0.4) is 0 Å². The number of aromatic amines is 1. The van der Waals surface area contributed by atoms with E-state index in [2.05, 4.69) is 22.2 Å². The lowest BCUT2D eigenvalue weighted by atomic mass is 10.2. The first kappa shape index (κ1) is 11.7. The number of unbranched alkanes of at least 4 members (excludes halogenated alkanes) is 2. The van der Waals surface area contributed by atoms with E-state index < -0.39 is 5.69 Å². The summed E-state index contributed by atoms with van der Waals surface area (Å²) in [6.07, 6.45) is 4.74. The SMILES string of the molecule is CCCCCNc1[nH]c(=O)ncc1CO. The summed E-state index contributed by atoms with van der Waals surface area (Å²) in [5.74, 6) is 0.577. The number of nitrogens with zero attached hydrogens (tertiary/aromatic N) is 1. The van der Waals surface area contributed by atoms with Gasteiger partial charge < -0.3 is 10.4 Å². The van der Waals surface area contributed by atoms with Crippen LogP contribution in [-0.2, 0) is 6.61 Å². The van der Waals surface area contributed by atoms with Gasteiger partial charge in [-0.1, -0.05) is 19.8 Å². The second-order valence-corrected chi connectivity index (χ2v) is 3.38. The molecule has 1 aromatic rings. The van der Waals surface area contributed by atoms with Crippen molar-refractivity contribution in [2.75, 3.05) is 11.9 Å². The molecule has 0 unspecified atom stereocenters. The Morgan fingerprint density at radius 3 is 3.00 bits per heavy atom. The highest BCUT2D eigenvalue weighted by molar-refractivity contribution is 5.41. The smallest absolute Gasteiger partial charge is 0.346 e. The molecule has 0 aliphatic carbocycles. The minimum atomic E-state index is -0.398. The number of aromatic nitrogens is 2. The molecule has 3 N–H and O–H groups in total. The predicted octanol–water partition coefficient (Wildman–Crippen LogP) is 0.864. The Hall–Kier alpha value is -1.36. The van der Waals surface area contributed by atoms with Crippen LogP contribution < -0.4 is 11.0 Å². The Bertz CT molecular complexity index is 349. The lowest BCUT2D eigenvalue weighted by molar-refractivity contribution is 0.281. The quantitative estimate of drug-likeness (QED) is 0.610. The fourth-order valence-corrected chi connectivity index (χ4v) is 1.29. The van der Waals surface area contributed by atoms with E-state index in [1.165, 1.54) is 6.20 Å². The van der Waals surface area contributed by atoms with Crippen molar-refractivity contribution in [1.82, 2.24) is 9.97 Å². The van der Waals surface area contributed by atoms with Crippen molar-refractivity contribution in [3.63, 3.8) is 0 Å². The average Bonchev–Trinajstić information content (AvgIpc) is 2.25. The maximum absolute atomic E-state index is 11.0. The highest BCUT2D eigenvalue weighted by atomic mass is 16.3. The van der Waals surface area contributed by atoms with Gasteiger partial charge in [0, 0.05) is 18.3 Å². The number of aliphatic hydroxyl groups is 1. The molecule has 0 aromatic carbocycles. The first-order valence-corrected chi connectivity index (χ1v) is 5.21. The third-order valence-electron chi connectivity index (χ3n) is 2.14. The van der Waals surface area contributed by atoms with E-state index in [0.717, 1.165) is 25.8 Å². The molecule has 0 fully saturated rings. The molecule has 1 aromatic heterocycles. The topological polar surface area (TPSA) is 78.0 Å². The molecule has 0 amide bonds. The molecule has 5 heteroatoms. The van der Waals surface area contributed by atoms with Gasteiger partial charge in [-0.3, -0.25) is 4.98 Å². The first-order valence-electron chi connectivity index (χ1n) is 5.21. The molecule has 0 spiro atoms. The second kappa shape index (κ2) is 6.19. The van der Waals surface area contributed by atoms with E-state index in [9.17, 15) is 4.79 Å². The van der Waals surface area contributed by atoms with Gasteiger partial charge in [0.2, 0.25) is 0 Å². The monoisotopic (exact) mass is 211 g/mol. The highest BCUT2D eigenvalue weighted by Crippen LogP contribution is 2.08. The molecule has 0 aliphatic rings. The van der Waals surface area contributed by atoms with Crippen LogP contribution in [0.25, 0.3) is 0 Å². The molecule has 0 bridgehead atoms. The van der Waals surface area contributed by atoms with Crippen molar-refractivity contribution in [2.24, 2.45) is 0 Å². The molecular weight excluding hydrogens is 194 g/mol. The van der Waals surface area contributed by atoms with Gasteiger partial charge in [0.05, 0.1) is 6.61 Å². The third kappa shape index (κ3) is 3.71. The minimum Gasteiger partial charge on any atom is -0.391 e. The molecule has 0 radical (unpaired) electrons. The average molecular weight is 211 g/mol. The fraction of sp³-hybridized carbons (Fsp3) is 0.600. The zero-order valence-corrected chi connectivity index (χ0v) is 8.92. The molecule has 0 aliphatic heterocycles. The maximum Gasteiger partial charge on any atom is 0.346 e. The van der Waals surface area contributed by atoms with Crippen LogP contribution in [0.4, 0.5) is 5.82 Å². The highest BCUT2D eigenvalue weighted by Gasteiger charge is 2.01. The van der Waals surface area contributed by atoms with Gasteiger partial charge >= 0.3 is 5.69 Å². The summed E-state index contributed by atoms with van der Waals surface area (Å²) < 4.78 is 0. The van der Waals surface area contributed by atoms with E-state index in [1.54, 1.807) is 0 Å². The van der Waals surface area contributed by atoms with Gasteiger partial charge in [-0.05, 0) is 6.42 Å². The second-order valence-electron chi connectivity index (χ2n) is 3.38. The summed E-state index contributed by atoms with van der Waals surface area (Å²) in [5.41, 5.74) is 0.219. The normalized spacial score (nSPS) is 10.3. The number of rotatable bonds is 6. The number of aliphatic hydroxyl groups excluding tert-OH is 1. The molecule has 0 saturated carbocycles.